The largest absolute Gasteiger partial charge is 0.481 e. The van der Waals surface area contributed by atoms with E-state index in [9.17, 15) is 0 Å². The summed E-state index contributed by atoms with van der Waals surface area (Å²) in [6.07, 6.45) is 0. The van der Waals surface area contributed by atoms with E-state index >= 15 is 0 Å². The number of aryl methyl sites for hydroxylation is 1. The van der Waals surface area contributed by atoms with Gasteiger partial charge in [0.05, 0.1) is 18.5 Å². The molecule has 1 unspecified atom stereocenters. The predicted molar refractivity (Wildman–Crippen MR) is 63.4 cm³/mol. The van der Waals surface area contributed by atoms with Crippen LogP contribution in [0.25, 0.3) is 0 Å². The second-order valence-electron chi connectivity index (χ2n) is 4.16. The van der Waals surface area contributed by atoms with Gasteiger partial charge in [0.25, 0.3) is 0 Å². The molecule has 0 aliphatic rings. The van der Waals surface area contributed by atoms with Crippen LogP contribution in [-0.4, -0.2) is 18.1 Å². The van der Waals surface area contributed by atoms with Crippen molar-refractivity contribution in [2.24, 2.45) is 5.92 Å². The summed E-state index contributed by atoms with van der Waals surface area (Å²) in [6.45, 7) is 8.56. The van der Waals surface area contributed by atoms with Crippen molar-refractivity contribution in [3.8, 4) is 5.88 Å². The molecule has 1 rings (SSSR count). The van der Waals surface area contributed by atoms with Crippen molar-refractivity contribution in [3.63, 3.8) is 0 Å². The van der Waals surface area contributed by atoms with E-state index in [0.29, 0.717) is 17.8 Å². The normalized spacial score (nSPS) is 12.7. The summed E-state index contributed by atoms with van der Waals surface area (Å²) in [7, 11) is 1.63. The molecule has 0 aromatic carbocycles. The summed E-state index contributed by atoms with van der Waals surface area (Å²) in [6, 6.07) is 4.33. The summed E-state index contributed by atoms with van der Waals surface area (Å²) >= 11 is 0. The number of aromatic nitrogens is 1. The standard InChI is InChI=1S/C12H20N2O/c1-8(2)9(3)13-11-6-7-12(15-5)14-10(11)4/h6-9,13H,1-5H3. The minimum Gasteiger partial charge on any atom is -0.481 e. The molecule has 0 amide bonds. The zero-order chi connectivity index (χ0) is 11.4. The van der Waals surface area contributed by atoms with Crippen LogP contribution in [0.5, 0.6) is 5.88 Å². The predicted octanol–water partition coefficient (Wildman–Crippen LogP) is 2.86. The molecular formula is C12H20N2O. The quantitative estimate of drug-likeness (QED) is 0.826. The summed E-state index contributed by atoms with van der Waals surface area (Å²) in [5.74, 6) is 1.27. The van der Waals surface area contributed by atoms with E-state index in [1.807, 2.05) is 19.1 Å². The highest BCUT2D eigenvalue weighted by atomic mass is 16.5. The van der Waals surface area contributed by atoms with E-state index < -0.39 is 0 Å². The molecule has 1 aromatic rings. The molecule has 3 heteroatoms. The van der Waals surface area contributed by atoms with Gasteiger partial charge in [0.2, 0.25) is 5.88 Å². The molecule has 0 spiro atoms. The number of rotatable bonds is 4. The zero-order valence-electron chi connectivity index (χ0n) is 10.2. The van der Waals surface area contributed by atoms with Gasteiger partial charge in [-0.2, -0.15) is 0 Å². The van der Waals surface area contributed by atoms with E-state index in [1.165, 1.54) is 0 Å². The SMILES string of the molecule is COc1ccc(NC(C)C(C)C)c(C)n1. The molecule has 0 fully saturated rings. The van der Waals surface area contributed by atoms with Crippen molar-refractivity contribution in [3.05, 3.63) is 17.8 Å². The maximum absolute atomic E-state index is 5.06. The Bertz CT molecular complexity index is 323. The van der Waals surface area contributed by atoms with E-state index in [0.717, 1.165) is 11.4 Å². The lowest BCUT2D eigenvalue weighted by molar-refractivity contribution is 0.397. The smallest absolute Gasteiger partial charge is 0.213 e. The average molecular weight is 208 g/mol. The third-order valence-electron chi connectivity index (χ3n) is 2.65. The second kappa shape index (κ2) is 5.01. The van der Waals surface area contributed by atoms with Crippen molar-refractivity contribution in [2.75, 3.05) is 12.4 Å². The lowest BCUT2D eigenvalue weighted by Gasteiger charge is -2.20. The van der Waals surface area contributed by atoms with Crippen LogP contribution in [0, 0.1) is 12.8 Å². The van der Waals surface area contributed by atoms with Crippen LogP contribution >= 0.6 is 0 Å². The number of anilines is 1. The third-order valence-corrected chi connectivity index (χ3v) is 2.65. The average Bonchev–Trinajstić information content (AvgIpc) is 2.20. The van der Waals surface area contributed by atoms with Gasteiger partial charge in [-0.05, 0) is 25.8 Å². The van der Waals surface area contributed by atoms with Crippen LogP contribution in [0.3, 0.4) is 0 Å². The molecule has 1 atom stereocenters. The highest BCUT2D eigenvalue weighted by Crippen LogP contribution is 2.19. The third kappa shape index (κ3) is 3.11. The molecule has 0 bridgehead atoms. The Labute approximate surface area is 91.9 Å². The van der Waals surface area contributed by atoms with Crippen molar-refractivity contribution in [2.45, 2.75) is 33.7 Å². The van der Waals surface area contributed by atoms with Gasteiger partial charge in [-0.15, -0.1) is 0 Å². The first-order chi connectivity index (χ1) is 7.04. The van der Waals surface area contributed by atoms with Gasteiger partial charge < -0.3 is 10.1 Å². The number of ether oxygens (including phenoxy) is 1. The Balaban J connectivity index is 2.78. The monoisotopic (exact) mass is 208 g/mol. The van der Waals surface area contributed by atoms with Crippen molar-refractivity contribution in [1.82, 2.24) is 4.98 Å². The molecule has 0 radical (unpaired) electrons. The van der Waals surface area contributed by atoms with Crippen LogP contribution in [-0.2, 0) is 0 Å². The van der Waals surface area contributed by atoms with Gasteiger partial charge >= 0.3 is 0 Å². The number of hydrogen-bond acceptors (Lipinski definition) is 3. The van der Waals surface area contributed by atoms with Gasteiger partial charge in [0.1, 0.15) is 0 Å². The minimum absolute atomic E-state index is 0.443. The van der Waals surface area contributed by atoms with Gasteiger partial charge in [0, 0.05) is 12.1 Å². The van der Waals surface area contributed by atoms with Crippen LogP contribution in [0.1, 0.15) is 26.5 Å². The zero-order valence-corrected chi connectivity index (χ0v) is 10.2. The minimum atomic E-state index is 0.443. The van der Waals surface area contributed by atoms with Gasteiger partial charge in [0.15, 0.2) is 0 Å². The Morgan fingerprint density at radius 3 is 2.40 bits per heavy atom. The van der Waals surface area contributed by atoms with Crippen LogP contribution in [0.15, 0.2) is 12.1 Å². The Kier molecular flexibility index (Phi) is 3.95. The molecule has 84 valence electrons. The second-order valence-corrected chi connectivity index (χ2v) is 4.16. The topological polar surface area (TPSA) is 34.1 Å². The summed E-state index contributed by atoms with van der Waals surface area (Å²) < 4.78 is 5.06. The molecule has 1 N–H and O–H groups in total. The molecule has 3 nitrogen and oxygen atoms in total. The Morgan fingerprint density at radius 1 is 1.27 bits per heavy atom. The summed E-state index contributed by atoms with van der Waals surface area (Å²) in [5.41, 5.74) is 2.05. The molecule has 0 aliphatic carbocycles. The van der Waals surface area contributed by atoms with Crippen LogP contribution < -0.4 is 10.1 Å². The maximum atomic E-state index is 5.06. The van der Waals surface area contributed by atoms with Gasteiger partial charge in [-0.3, -0.25) is 0 Å². The Hall–Kier alpha value is -1.25. The lowest BCUT2D eigenvalue weighted by atomic mass is 10.1. The molecular weight excluding hydrogens is 188 g/mol. The van der Waals surface area contributed by atoms with E-state index in [2.05, 4.69) is 31.1 Å². The highest BCUT2D eigenvalue weighted by molar-refractivity contribution is 5.49. The van der Waals surface area contributed by atoms with E-state index in [-0.39, 0.29) is 0 Å². The fraction of sp³-hybridized carbons (Fsp3) is 0.583. The lowest BCUT2D eigenvalue weighted by Crippen LogP contribution is -2.22. The first-order valence-corrected chi connectivity index (χ1v) is 5.32. The maximum Gasteiger partial charge on any atom is 0.213 e. The number of hydrogen-bond donors (Lipinski definition) is 1. The van der Waals surface area contributed by atoms with Crippen LogP contribution in [0.4, 0.5) is 5.69 Å². The summed E-state index contributed by atoms with van der Waals surface area (Å²) in [4.78, 5) is 4.32. The van der Waals surface area contributed by atoms with E-state index in [4.69, 9.17) is 4.74 Å². The highest BCUT2D eigenvalue weighted by Gasteiger charge is 2.08. The van der Waals surface area contributed by atoms with Gasteiger partial charge in [-0.25, -0.2) is 4.98 Å². The molecule has 0 aliphatic heterocycles. The van der Waals surface area contributed by atoms with Crippen molar-refractivity contribution >= 4 is 5.69 Å². The number of nitrogens with one attached hydrogen (secondary N) is 1. The first kappa shape index (κ1) is 11.8. The van der Waals surface area contributed by atoms with E-state index in [1.54, 1.807) is 7.11 Å². The summed E-state index contributed by atoms with van der Waals surface area (Å²) in [5, 5.41) is 3.44. The number of nitrogens with zero attached hydrogens (tertiary/aromatic N) is 1. The molecule has 0 saturated carbocycles. The Morgan fingerprint density at radius 2 is 1.93 bits per heavy atom. The molecule has 1 aromatic heterocycles. The molecule has 1 heterocycles. The van der Waals surface area contributed by atoms with Crippen molar-refractivity contribution < 1.29 is 4.74 Å². The molecule has 0 saturated heterocycles. The van der Waals surface area contributed by atoms with Crippen molar-refractivity contribution in [1.29, 1.82) is 0 Å². The van der Waals surface area contributed by atoms with Gasteiger partial charge in [-0.1, -0.05) is 13.8 Å². The first-order valence-electron chi connectivity index (χ1n) is 5.32. The molecule has 15 heavy (non-hydrogen) atoms. The number of pyridine rings is 1. The fourth-order valence-electron chi connectivity index (χ4n) is 1.22. The van der Waals surface area contributed by atoms with Crippen LogP contribution in [0.2, 0.25) is 0 Å². The number of methoxy groups -OCH3 is 1. The fourth-order valence-corrected chi connectivity index (χ4v) is 1.22.